The van der Waals surface area contributed by atoms with Crippen molar-refractivity contribution in [3.05, 3.63) is 38.4 Å². The van der Waals surface area contributed by atoms with Crippen molar-refractivity contribution in [1.82, 2.24) is 4.72 Å². The van der Waals surface area contributed by atoms with Gasteiger partial charge in [-0.25, -0.2) is 17.9 Å². The molecule has 0 aromatic carbocycles. The molecule has 2 aromatic heterocycles. The lowest BCUT2D eigenvalue weighted by atomic mass is 10.4. The molecule has 2 aromatic rings. The summed E-state index contributed by atoms with van der Waals surface area (Å²) in [6, 6.07) is 3.84. The second-order valence-electron chi connectivity index (χ2n) is 3.58. The van der Waals surface area contributed by atoms with Crippen LogP contribution in [0.3, 0.4) is 0 Å². The van der Waals surface area contributed by atoms with Crippen molar-refractivity contribution in [3.8, 4) is 0 Å². The molecule has 0 aliphatic rings. The highest BCUT2D eigenvalue weighted by Gasteiger charge is 2.21. The molecule has 2 rings (SSSR count). The Hall–Kier alpha value is -1.06. The van der Waals surface area contributed by atoms with Crippen LogP contribution in [-0.2, 0) is 16.6 Å². The van der Waals surface area contributed by atoms with Crippen molar-refractivity contribution >= 4 is 50.5 Å². The SMILES string of the molecule is O=C(O)c1ccc(CNS(=O)(=O)c2cc(Cl)sc2Cl)o1. The fourth-order valence-corrected chi connectivity index (χ4v) is 4.48. The highest BCUT2D eigenvalue weighted by atomic mass is 35.5. The highest BCUT2D eigenvalue weighted by molar-refractivity contribution is 7.89. The number of rotatable bonds is 5. The van der Waals surface area contributed by atoms with Gasteiger partial charge in [-0.3, -0.25) is 0 Å². The molecule has 0 spiro atoms. The maximum absolute atomic E-state index is 12.0. The van der Waals surface area contributed by atoms with Gasteiger partial charge in [-0.15, -0.1) is 11.3 Å². The first kappa shape index (κ1) is 15.3. The maximum Gasteiger partial charge on any atom is 0.371 e. The summed E-state index contributed by atoms with van der Waals surface area (Å²) in [6.45, 7) is -0.195. The van der Waals surface area contributed by atoms with Gasteiger partial charge in [0.1, 0.15) is 15.0 Å². The summed E-state index contributed by atoms with van der Waals surface area (Å²) in [6.07, 6.45) is 0. The Bertz CT molecular complexity index is 750. The molecule has 10 heteroatoms. The molecule has 0 fully saturated rings. The van der Waals surface area contributed by atoms with Crippen LogP contribution in [0.2, 0.25) is 8.67 Å². The van der Waals surface area contributed by atoms with Crippen LogP contribution in [0.4, 0.5) is 0 Å². The van der Waals surface area contributed by atoms with Gasteiger partial charge in [-0.05, 0) is 18.2 Å². The van der Waals surface area contributed by atoms with Crippen LogP contribution in [0, 0.1) is 0 Å². The molecule has 0 atom stereocenters. The van der Waals surface area contributed by atoms with Gasteiger partial charge in [-0.2, -0.15) is 0 Å². The lowest BCUT2D eigenvalue weighted by molar-refractivity contribution is 0.0660. The lowest BCUT2D eigenvalue weighted by Gasteiger charge is -2.03. The summed E-state index contributed by atoms with van der Waals surface area (Å²) in [5, 5.41) is 8.68. The number of carbonyl (C=O) groups is 1. The van der Waals surface area contributed by atoms with E-state index in [0.717, 1.165) is 11.3 Å². The van der Waals surface area contributed by atoms with Crippen LogP contribution in [0.15, 0.2) is 27.5 Å². The molecule has 6 nitrogen and oxygen atoms in total. The highest BCUT2D eigenvalue weighted by Crippen LogP contribution is 2.34. The number of thiophene rings is 1. The van der Waals surface area contributed by atoms with Crippen molar-refractivity contribution in [3.63, 3.8) is 0 Å². The Balaban J connectivity index is 2.13. The predicted octanol–water partition coefficient (Wildman–Crippen LogP) is 2.82. The Morgan fingerprint density at radius 3 is 2.60 bits per heavy atom. The monoisotopic (exact) mass is 355 g/mol. The van der Waals surface area contributed by atoms with Gasteiger partial charge < -0.3 is 9.52 Å². The minimum Gasteiger partial charge on any atom is -0.475 e. The number of hydrogen-bond donors (Lipinski definition) is 2. The van der Waals surface area contributed by atoms with Crippen molar-refractivity contribution in [2.24, 2.45) is 0 Å². The molecule has 0 bridgehead atoms. The van der Waals surface area contributed by atoms with Crippen molar-refractivity contribution < 1.29 is 22.7 Å². The number of carboxylic acid groups (broad SMARTS) is 1. The molecule has 108 valence electrons. The number of halogens is 2. The number of sulfonamides is 1. The van der Waals surface area contributed by atoms with Gasteiger partial charge in [0.05, 0.1) is 10.9 Å². The zero-order valence-electron chi connectivity index (χ0n) is 9.59. The Morgan fingerprint density at radius 2 is 2.10 bits per heavy atom. The van der Waals surface area contributed by atoms with Crippen LogP contribution < -0.4 is 4.72 Å². The van der Waals surface area contributed by atoms with Gasteiger partial charge in [0, 0.05) is 0 Å². The van der Waals surface area contributed by atoms with Gasteiger partial charge in [0.25, 0.3) is 0 Å². The first-order chi connectivity index (χ1) is 9.29. The van der Waals surface area contributed by atoms with Crippen LogP contribution in [0.25, 0.3) is 0 Å². The second-order valence-corrected chi connectivity index (χ2v) is 7.61. The summed E-state index contributed by atoms with van der Waals surface area (Å²) in [5.74, 6) is -1.33. The first-order valence-corrected chi connectivity index (χ1v) is 8.11. The topological polar surface area (TPSA) is 96.6 Å². The standard InChI is InChI=1S/C10H7Cl2NO5S2/c11-8-3-7(9(12)19-8)20(16,17)13-4-5-1-2-6(18-5)10(14)15/h1-3,13H,4H2,(H,14,15). The summed E-state index contributed by atoms with van der Waals surface area (Å²) in [4.78, 5) is 10.5. The van der Waals surface area contributed by atoms with Crippen LogP contribution >= 0.6 is 34.5 Å². The van der Waals surface area contributed by atoms with E-state index in [1.807, 2.05) is 0 Å². The molecule has 0 aliphatic heterocycles. The molecule has 0 saturated carbocycles. The third-order valence-corrected chi connectivity index (χ3v) is 5.38. The third-order valence-electron chi connectivity index (χ3n) is 2.22. The minimum atomic E-state index is -3.84. The molecule has 0 saturated heterocycles. The fraction of sp³-hybridized carbons (Fsp3) is 0.100. The molecular weight excluding hydrogens is 349 g/mol. The smallest absolute Gasteiger partial charge is 0.371 e. The molecule has 0 aliphatic carbocycles. The second kappa shape index (κ2) is 5.74. The van der Waals surface area contributed by atoms with Gasteiger partial charge in [0.15, 0.2) is 0 Å². The number of furan rings is 1. The number of hydrogen-bond acceptors (Lipinski definition) is 5. The molecule has 0 radical (unpaired) electrons. The average molecular weight is 356 g/mol. The Labute approximate surface area is 128 Å². The zero-order chi connectivity index (χ0) is 14.9. The van der Waals surface area contributed by atoms with E-state index in [9.17, 15) is 13.2 Å². The summed E-state index contributed by atoms with van der Waals surface area (Å²) in [5.41, 5.74) is 0. The average Bonchev–Trinajstić information content (AvgIpc) is 2.93. The summed E-state index contributed by atoms with van der Waals surface area (Å²) in [7, 11) is -3.84. The summed E-state index contributed by atoms with van der Waals surface area (Å²) < 4.78 is 31.4. The van der Waals surface area contributed by atoms with E-state index < -0.39 is 16.0 Å². The quantitative estimate of drug-likeness (QED) is 0.859. The van der Waals surface area contributed by atoms with Gasteiger partial charge in [-0.1, -0.05) is 23.2 Å². The molecule has 0 amide bonds. The maximum atomic E-state index is 12.0. The largest absolute Gasteiger partial charge is 0.475 e. The lowest BCUT2D eigenvalue weighted by Crippen LogP contribution is -2.22. The molecule has 20 heavy (non-hydrogen) atoms. The first-order valence-electron chi connectivity index (χ1n) is 5.06. The van der Waals surface area contributed by atoms with Gasteiger partial charge >= 0.3 is 5.97 Å². The molecule has 0 unspecified atom stereocenters. The van der Waals surface area contributed by atoms with Crippen LogP contribution in [0.1, 0.15) is 16.3 Å². The third kappa shape index (κ3) is 3.33. The predicted molar refractivity (Wildman–Crippen MR) is 74.0 cm³/mol. The van der Waals surface area contributed by atoms with Crippen molar-refractivity contribution in [2.45, 2.75) is 11.4 Å². The van der Waals surface area contributed by atoms with Crippen LogP contribution in [0.5, 0.6) is 0 Å². The Morgan fingerprint density at radius 1 is 1.40 bits per heavy atom. The van der Waals surface area contributed by atoms with Gasteiger partial charge in [0.2, 0.25) is 15.8 Å². The number of nitrogens with one attached hydrogen (secondary N) is 1. The van der Waals surface area contributed by atoms with E-state index in [1.165, 1.54) is 18.2 Å². The van der Waals surface area contributed by atoms with E-state index in [2.05, 4.69) is 4.72 Å². The fourth-order valence-electron chi connectivity index (χ4n) is 1.34. The molecule has 2 heterocycles. The van der Waals surface area contributed by atoms with Crippen molar-refractivity contribution in [1.29, 1.82) is 0 Å². The Kier molecular flexibility index (Phi) is 4.40. The van der Waals surface area contributed by atoms with Crippen molar-refractivity contribution in [2.75, 3.05) is 0 Å². The molecular formula is C10H7Cl2NO5S2. The normalized spacial score (nSPS) is 11.7. The van der Waals surface area contributed by atoms with E-state index in [4.69, 9.17) is 32.7 Å². The summed E-state index contributed by atoms with van der Waals surface area (Å²) >= 11 is 12.4. The van der Waals surface area contributed by atoms with Crippen LogP contribution in [-0.4, -0.2) is 19.5 Å². The molecule has 2 N–H and O–H groups in total. The number of aromatic carboxylic acids is 1. The zero-order valence-corrected chi connectivity index (χ0v) is 12.7. The minimum absolute atomic E-state index is 0.0492. The van der Waals surface area contributed by atoms with E-state index in [1.54, 1.807) is 0 Å². The number of carboxylic acids is 1. The van der Waals surface area contributed by atoms with E-state index >= 15 is 0 Å². The van der Waals surface area contributed by atoms with E-state index in [-0.39, 0.29) is 31.6 Å². The van der Waals surface area contributed by atoms with E-state index in [0.29, 0.717) is 0 Å².